The zero-order valence-corrected chi connectivity index (χ0v) is 26.1. The number of rotatable bonds is 8. The minimum atomic E-state index is -2.69. The van der Waals surface area contributed by atoms with Gasteiger partial charge in [-0.05, 0) is 81.1 Å². The molecule has 43 heavy (non-hydrogen) atoms. The van der Waals surface area contributed by atoms with Gasteiger partial charge in [-0.25, -0.2) is 4.79 Å². The lowest BCUT2D eigenvalue weighted by atomic mass is 9.96. The minimum absolute atomic E-state index is 0.160. The number of hydrogen-bond acceptors (Lipinski definition) is 6. The highest BCUT2D eigenvalue weighted by Crippen LogP contribution is 2.31. The summed E-state index contributed by atoms with van der Waals surface area (Å²) in [5.74, 6) is 5.40. The van der Waals surface area contributed by atoms with Gasteiger partial charge in [0.2, 0.25) is 0 Å². The molecule has 0 saturated carbocycles. The summed E-state index contributed by atoms with van der Waals surface area (Å²) in [5, 5.41) is 3.73. The van der Waals surface area contributed by atoms with E-state index in [9.17, 15) is 18.4 Å². The number of aryl methyl sites for hydroxylation is 1. The van der Waals surface area contributed by atoms with Crippen LogP contribution in [0.25, 0.3) is 22.1 Å². The van der Waals surface area contributed by atoms with Gasteiger partial charge in [0, 0.05) is 44.6 Å². The SMILES string of the molecule is COC(=O)C(C(C)C)N(c1ccc(-c2ccc(NC(=O)c3oc4cccc(C#CC(C)(C)C)c4c3C)cc2)cc1)S(=O)[O-]. The molecule has 1 amide bonds. The fourth-order valence-corrected chi connectivity index (χ4v) is 5.52. The Balaban J connectivity index is 1.53. The zero-order valence-electron chi connectivity index (χ0n) is 25.3. The van der Waals surface area contributed by atoms with Crippen molar-refractivity contribution in [1.82, 2.24) is 0 Å². The van der Waals surface area contributed by atoms with E-state index < -0.39 is 23.3 Å². The number of furan rings is 1. The monoisotopic (exact) mass is 599 g/mol. The van der Waals surface area contributed by atoms with Crippen LogP contribution in [0.2, 0.25) is 0 Å². The van der Waals surface area contributed by atoms with Gasteiger partial charge < -0.3 is 19.0 Å². The molecule has 9 heteroatoms. The van der Waals surface area contributed by atoms with Crippen LogP contribution in [0.4, 0.5) is 11.4 Å². The molecular weight excluding hydrogens is 564 g/mol. The lowest BCUT2D eigenvalue weighted by Crippen LogP contribution is -2.46. The van der Waals surface area contributed by atoms with Gasteiger partial charge in [-0.15, -0.1) is 0 Å². The number of methoxy groups -OCH3 is 1. The van der Waals surface area contributed by atoms with Crippen LogP contribution < -0.4 is 9.62 Å². The van der Waals surface area contributed by atoms with Gasteiger partial charge in [0.05, 0.1) is 7.11 Å². The molecule has 3 aromatic carbocycles. The number of carbonyl (C=O) groups excluding carboxylic acids is 2. The second kappa shape index (κ2) is 12.9. The number of benzene rings is 3. The Morgan fingerprint density at radius 3 is 2.14 bits per heavy atom. The van der Waals surface area contributed by atoms with Crippen molar-refractivity contribution in [3.8, 4) is 23.0 Å². The van der Waals surface area contributed by atoms with Crippen molar-refractivity contribution >= 4 is 45.5 Å². The number of amides is 1. The molecule has 0 fully saturated rings. The van der Waals surface area contributed by atoms with Crippen LogP contribution >= 0.6 is 0 Å². The summed E-state index contributed by atoms with van der Waals surface area (Å²) in [6, 6.07) is 18.7. The standard InChI is InChI=1S/C34H36N2O6S/c1-21(2)30(33(38)41-7)36(43(39)40)27-17-13-24(14-18-27)23-11-15-26(16-12-23)35-32(37)31-22(3)29-25(19-20-34(4,5)6)9-8-10-28(29)42-31/h8-18,21,30H,1-7H3,(H,35,37)(H,39,40)/p-1. The first-order valence-electron chi connectivity index (χ1n) is 13.8. The Morgan fingerprint density at radius 2 is 1.60 bits per heavy atom. The third-order valence-corrected chi connectivity index (χ3v) is 7.58. The number of ether oxygens (including phenoxy) is 1. The van der Waals surface area contributed by atoms with Crippen molar-refractivity contribution in [1.29, 1.82) is 0 Å². The van der Waals surface area contributed by atoms with E-state index in [2.05, 4.69) is 17.2 Å². The summed E-state index contributed by atoms with van der Waals surface area (Å²) in [6.45, 7) is 11.5. The van der Waals surface area contributed by atoms with Crippen molar-refractivity contribution in [2.45, 2.75) is 47.6 Å². The Labute approximate surface area is 254 Å². The van der Waals surface area contributed by atoms with Crippen molar-refractivity contribution in [2.24, 2.45) is 11.3 Å². The maximum absolute atomic E-state index is 13.2. The van der Waals surface area contributed by atoms with E-state index in [4.69, 9.17) is 9.15 Å². The van der Waals surface area contributed by atoms with Crippen LogP contribution in [0.5, 0.6) is 0 Å². The van der Waals surface area contributed by atoms with Crippen molar-refractivity contribution in [3.63, 3.8) is 0 Å². The average molecular weight is 600 g/mol. The van der Waals surface area contributed by atoms with Gasteiger partial charge in [0.15, 0.2) is 5.76 Å². The molecule has 0 spiro atoms. The summed E-state index contributed by atoms with van der Waals surface area (Å²) in [7, 11) is 1.23. The molecule has 224 valence electrons. The lowest BCUT2D eigenvalue weighted by Gasteiger charge is -2.35. The van der Waals surface area contributed by atoms with Gasteiger partial charge in [-0.3, -0.25) is 13.3 Å². The average Bonchev–Trinajstić information content (AvgIpc) is 3.31. The molecule has 2 unspecified atom stereocenters. The first kappa shape index (κ1) is 31.5. The molecule has 2 atom stereocenters. The number of carbonyl (C=O) groups is 2. The van der Waals surface area contributed by atoms with E-state index in [0.717, 1.165) is 31.9 Å². The quantitative estimate of drug-likeness (QED) is 0.135. The van der Waals surface area contributed by atoms with E-state index in [-0.39, 0.29) is 23.0 Å². The van der Waals surface area contributed by atoms with Gasteiger partial charge >= 0.3 is 5.97 Å². The lowest BCUT2D eigenvalue weighted by molar-refractivity contribution is -0.142. The number of nitrogens with one attached hydrogen (secondary N) is 1. The zero-order chi connectivity index (χ0) is 31.5. The molecule has 1 heterocycles. The van der Waals surface area contributed by atoms with Crippen LogP contribution in [0.1, 0.15) is 56.3 Å². The highest BCUT2D eigenvalue weighted by Gasteiger charge is 2.31. The van der Waals surface area contributed by atoms with Crippen molar-refractivity contribution in [3.05, 3.63) is 83.6 Å². The number of anilines is 2. The Hall–Kier alpha value is -4.39. The van der Waals surface area contributed by atoms with E-state index in [0.29, 0.717) is 17.0 Å². The second-order valence-electron chi connectivity index (χ2n) is 11.6. The summed E-state index contributed by atoms with van der Waals surface area (Å²) in [6.07, 6.45) is 0. The fourth-order valence-electron chi connectivity index (χ4n) is 4.71. The largest absolute Gasteiger partial charge is 0.755 e. The maximum Gasteiger partial charge on any atom is 0.329 e. The Bertz CT molecular complexity index is 1720. The van der Waals surface area contributed by atoms with E-state index in [1.54, 1.807) is 50.2 Å². The van der Waals surface area contributed by atoms with Crippen molar-refractivity contribution in [2.75, 3.05) is 16.7 Å². The van der Waals surface area contributed by atoms with E-state index in [1.807, 2.05) is 58.0 Å². The predicted molar refractivity (Wildman–Crippen MR) is 169 cm³/mol. The third kappa shape index (κ3) is 7.16. The molecule has 4 aromatic rings. The molecular formula is C34H35N2O6S-. The van der Waals surface area contributed by atoms with Crippen molar-refractivity contribution < 1.29 is 27.5 Å². The predicted octanol–water partition coefficient (Wildman–Crippen LogP) is 6.86. The molecule has 0 aliphatic rings. The van der Waals surface area contributed by atoms with Crippen LogP contribution in [0.15, 0.2) is 71.1 Å². The van der Waals surface area contributed by atoms with E-state index in [1.165, 1.54) is 7.11 Å². The fraction of sp³-hybridized carbons (Fsp3) is 0.294. The normalized spacial score (nSPS) is 12.8. The second-order valence-corrected chi connectivity index (χ2v) is 12.4. The Morgan fingerprint density at radius 1 is 1.00 bits per heavy atom. The molecule has 0 radical (unpaired) electrons. The van der Waals surface area contributed by atoms with Gasteiger partial charge in [0.1, 0.15) is 11.6 Å². The molecule has 0 bridgehead atoms. The molecule has 8 nitrogen and oxygen atoms in total. The summed E-state index contributed by atoms with van der Waals surface area (Å²) < 4.78 is 36.0. The van der Waals surface area contributed by atoms with E-state index >= 15 is 0 Å². The molecule has 4 rings (SSSR count). The summed E-state index contributed by atoms with van der Waals surface area (Å²) in [5.41, 5.74) is 4.60. The van der Waals surface area contributed by atoms with Gasteiger partial charge in [0.25, 0.3) is 5.91 Å². The molecule has 1 N–H and O–H groups in total. The maximum atomic E-state index is 13.2. The van der Waals surface area contributed by atoms with Crippen LogP contribution in [0, 0.1) is 30.1 Å². The smallest absolute Gasteiger partial charge is 0.329 e. The molecule has 0 saturated heterocycles. The summed E-state index contributed by atoms with van der Waals surface area (Å²) in [4.78, 5) is 25.5. The third-order valence-electron chi connectivity index (χ3n) is 6.82. The number of hydrogen-bond donors (Lipinski definition) is 1. The van der Waals surface area contributed by atoms with Crippen LogP contribution in [-0.4, -0.2) is 33.8 Å². The first-order chi connectivity index (χ1) is 20.3. The first-order valence-corrected chi connectivity index (χ1v) is 14.9. The van der Waals surface area contributed by atoms with Crippen LogP contribution in [-0.2, 0) is 20.8 Å². The number of fused-ring (bicyclic) bond motifs is 1. The minimum Gasteiger partial charge on any atom is -0.755 e. The Kier molecular flexibility index (Phi) is 9.43. The molecule has 0 aliphatic heterocycles. The molecule has 0 aliphatic carbocycles. The topological polar surface area (TPSA) is 112 Å². The number of esters is 1. The highest BCUT2D eigenvalue weighted by molar-refractivity contribution is 7.80. The molecule has 1 aromatic heterocycles. The summed E-state index contributed by atoms with van der Waals surface area (Å²) >= 11 is -2.69. The van der Waals surface area contributed by atoms with Gasteiger partial charge in [-0.1, -0.05) is 56.0 Å². The van der Waals surface area contributed by atoms with Gasteiger partial charge in [-0.2, -0.15) is 0 Å². The number of nitrogens with zero attached hydrogens (tertiary/aromatic N) is 1. The van der Waals surface area contributed by atoms with Crippen LogP contribution in [0.3, 0.4) is 0 Å². The highest BCUT2D eigenvalue weighted by atomic mass is 32.2.